The normalized spacial score (nSPS) is 19.2. The highest BCUT2D eigenvalue weighted by molar-refractivity contribution is 7.20. The zero-order chi connectivity index (χ0) is 15.5. The van der Waals surface area contributed by atoms with E-state index < -0.39 is 0 Å². The summed E-state index contributed by atoms with van der Waals surface area (Å²) in [6, 6.07) is 6.15. The number of morpholine rings is 1. The van der Waals surface area contributed by atoms with Crippen molar-refractivity contribution < 1.29 is 4.74 Å². The van der Waals surface area contributed by atoms with Crippen molar-refractivity contribution in [3.05, 3.63) is 47.0 Å². The molecule has 3 aromatic rings. The maximum atomic E-state index is 5.86. The fraction of sp³-hybridized carbons (Fsp3) is 0.375. The number of thiazole rings is 1. The Morgan fingerprint density at radius 1 is 1.30 bits per heavy atom. The van der Waals surface area contributed by atoms with E-state index in [-0.39, 0.29) is 6.10 Å². The molecule has 5 nitrogen and oxygen atoms in total. The van der Waals surface area contributed by atoms with E-state index in [1.54, 1.807) is 22.7 Å². The van der Waals surface area contributed by atoms with Crippen molar-refractivity contribution in [2.24, 2.45) is 0 Å². The first-order valence-electron chi connectivity index (χ1n) is 7.66. The number of hydrogen-bond donors (Lipinski definition) is 0. The third-order valence-corrected chi connectivity index (χ3v) is 5.77. The molecule has 0 amide bonds. The molecule has 0 aromatic carbocycles. The summed E-state index contributed by atoms with van der Waals surface area (Å²) in [6.07, 6.45) is 3.98. The maximum Gasteiger partial charge on any atom is 0.133 e. The van der Waals surface area contributed by atoms with E-state index >= 15 is 0 Å². The second-order valence-electron chi connectivity index (χ2n) is 5.58. The van der Waals surface area contributed by atoms with Crippen LogP contribution in [-0.2, 0) is 17.8 Å². The lowest BCUT2D eigenvalue weighted by Gasteiger charge is -2.32. The van der Waals surface area contributed by atoms with Gasteiger partial charge < -0.3 is 4.74 Å². The Kier molecular flexibility index (Phi) is 4.52. The molecule has 1 atom stereocenters. The van der Waals surface area contributed by atoms with Gasteiger partial charge in [-0.2, -0.15) is 5.10 Å². The van der Waals surface area contributed by atoms with Crippen molar-refractivity contribution in [1.82, 2.24) is 19.7 Å². The van der Waals surface area contributed by atoms with Gasteiger partial charge in [-0.05, 0) is 17.5 Å². The highest BCUT2D eigenvalue weighted by atomic mass is 32.1. The summed E-state index contributed by atoms with van der Waals surface area (Å²) in [5.74, 6) is 0. The minimum atomic E-state index is 0.194. The van der Waals surface area contributed by atoms with E-state index in [9.17, 15) is 0 Å². The van der Waals surface area contributed by atoms with Gasteiger partial charge in [-0.3, -0.25) is 9.58 Å². The largest absolute Gasteiger partial charge is 0.374 e. The van der Waals surface area contributed by atoms with Gasteiger partial charge in [-0.1, -0.05) is 6.07 Å². The summed E-state index contributed by atoms with van der Waals surface area (Å²) in [5.41, 5.74) is 1.15. The van der Waals surface area contributed by atoms with Crippen molar-refractivity contribution in [3.63, 3.8) is 0 Å². The SMILES string of the molecule is c1csc(-c2nc(CN3CCO[C@H](Cn4cccn4)C3)cs2)c1. The lowest BCUT2D eigenvalue weighted by molar-refractivity contribution is -0.0405. The van der Waals surface area contributed by atoms with E-state index in [1.165, 1.54) is 4.88 Å². The van der Waals surface area contributed by atoms with E-state index in [4.69, 9.17) is 9.72 Å². The third-order valence-electron chi connectivity index (χ3n) is 3.84. The molecule has 0 spiro atoms. The van der Waals surface area contributed by atoms with E-state index in [2.05, 4.69) is 32.9 Å². The molecule has 0 saturated carbocycles. The average Bonchev–Trinajstić information content (AvgIpc) is 3.30. The Balaban J connectivity index is 1.37. The Morgan fingerprint density at radius 2 is 2.30 bits per heavy atom. The van der Waals surface area contributed by atoms with E-state index in [1.807, 2.05) is 23.1 Å². The van der Waals surface area contributed by atoms with Crippen LogP contribution >= 0.6 is 22.7 Å². The van der Waals surface area contributed by atoms with Crippen LogP contribution in [0.1, 0.15) is 5.69 Å². The van der Waals surface area contributed by atoms with E-state index in [0.717, 1.165) is 43.5 Å². The molecule has 0 aliphatic carbocycles. The van der Waals surface area contributed by atoms with Crippen molar-refractivity contribution in [2.75, 3.05) is 19.7 Å². The standard InChI is InChI=1S/C16H18N4OS2/c1-3-15(22-8-1)16-18-13(12-23-16)9-19-6-7-21-14(10-19)11-20-5-2-4-17-20/h1-5,8,12,14H,6-7,9-11H2/t14-/m0/s1. The number of hydrogen-bond acceptors (Lipinski definition) is 6. The fourth-order valence-corrected chi connectivity index (χ4v) is 4.40. The van der Waals surface area contributed by atoms with Crippen LogP contribution in [0.2, 0.25) is 0 Å². The molecule has 4 rings (SSSR count). The molecule has 0 N–H and O–H groups in total. The van der Waals surface area contributed by atoms with Gasteiger partial charge in [0.1, 0.15) is 5.01 Å². The number of thiophene rings is 1. The molecule has 1 fully saturated rings. The fourth-order valence-electron chi connectivity index (χ4n) is 2.77. The van der Waals surface area contributed by atoms with Crippen LogP contribution in [0.5, 0.6) is 0 Å². The molecule has 0 bridgehead atoms. The van der Waals surface area contributed by atoms with Gasteiger partial charge in [0, 0.05) is 37.4 Å². The van der Waals surface area contributed by atoms with Crippen LogP contribution in [0.4, 0.5) is 0 Å². The number of aromatic nitrogens is 3. The summed E-state index contributed by atoms with van der Waals surface area (Å²) in [6.45, 7) is 4.35. The first-order valence-corrected chi connectivity index (χ1v) is 9.42. The Hall–Kier alpha value is -1.54. The second kappa shape index (κ2) is 6.92. The van der Waals surface area contributed by atoms with Gasteiger partial charge in [0.2, 0.25) is 0 Å². The van der Waals surface area contributed by atoms with Crippen LogP contribution in [0.3, 0.4) is 0 Å². The van der Waals surface area contributed by atoms with Crippen molar-refractivity contribution in [1.29, 1.82) is 0 Å². The van der Waals surface area contributed by atoms with E-state index in [0.29, 0.717) is 0 Å². The van der Waals surface area contributed by atoms with Gasteiger partial charge in [-0.25, -0.2) is 4.98 Å². The number of nitrogens with zero attached hydrogens (tertiary/aromatic N) is 4. The molecule has 3 aromatic heterocycles. The van der Waals surface area contributed by atoms with Crippen LogP contribution in [0, 0.1) is 0 Å². The lowest BCUT2D eigenvalue weighted by atomic mass is 10.2. The predicted molar refractivity (Wildman–Crippen MR) is 92.7 cm³/mol. The van der Waals surface area contributed by atoms with Crippen molar-refractivity contribution in [3.8, 4) is 9.88 Å². The van der Waals surface area contributed by atoms with Crippen LogP contribution in [0.25, 0.3) is 9.88 Å². The first-order chi connectivity index (χ1) is 11.4. The van der Waals surface area contributed by atoms with Crippen LogP contribution in [0.15, 0.2) is 41.4 Å². The Morgan fingerprint density at radius 3 is 3.13 bits per heavy atom. The van der Waals surface area contributed by atoms with Gasteiger partial charge >= 0.3 is 0 Å². The topological polar surface area (TPSA) is 43.2 Å². The van der Waals surface area contributed by atoms with Gasteiger partial charge in [-0.15, -0.1) is 22.7 Å². The first kappa shape index (κ1) is 15.0. The smallest absolute Gasteiger partial charge is 0.133 e. The molecular weight excluding hydrogens is 328 g/mol. The van der Waals surface area contributed by atoms with Crippen molar-refractivity contribution in [2.45, 2.75) is 19.2 Å². The molecule has 7 heteroatoms. The monoisotopic (exact) mass is 346 g/mol. The zero-order valence-corrected chi connectivity index (χ0v) is 14.3. The van der Waals surface area contributed by atoms with Crippen LogP contribution in [-0.4, -0.2) is 45.5 Å². The summed E-state index contributed by atoms with van der Waals surface area (Å²) in [5, 5.41) is 9.65. The highest BCUT2D eigenvalue weighted by Gasteiger charge is 2.21. The second-order valence-corrected chi connectivity index (χ2v) is 7.38. The summed E-state index contributed by atoms with van der Waals surface area (Å²) < 4.78 is 7.80. The molecule has 0 unspecified atom stereocenters. The Bertz CT molecular complexity index is 723. The average molecular weight is 346 g/mol. The Labute approximate surface area is 143 Å². The lowest BCUT2D eigenvalue weighted by Crippen LogP contribution is -2.43. The number of ether oxygens (including phenoxy) is 1. The highest BCUT2D eigenvalue weighted by Crippen LogP contribution is 2.28. The van der Waals surface area contributed by atoms with Crippen LogP contribution < -0.4 is 0 Å². The molecule has 120 valence electrons. The minimum Gasteiger partial charge on any atom is -0.374 e. The molecule has 1 aliphatic rings. The zero-order valence-electron chi connectivity index (χ0n) is 12.7. The summed E-state index contributed by atoms with van der Waals surface area (Å²) >= 11 is 3.47. The quantitative estimate of drug-likeness (QED) is 0.712. The van der Waals surface area contributed by atoms with Gasteiger partial charge in [0.15, 0.2) is 0 Å². The predicted octanol–water partition coefficient (Wildman–Crippen LogP) is 2.97. The molecule has 1 saturated heterocycles. The van der Waals surface area contributed by atoms with Gasteiger partial charge in [0.25, 0.3) is 0 Å². The molecule has 0 radical (unpaired) electrons. The third kappa shape index (κ3) is 3.69. The minimum absolute atomic E-state index is 0.194. The van der Waals surface area contributed by atoms with Crippen molar-refractivity contribution >= 4 is 22.7 Å². The molecular formula is C16H18N4OS2. The molecule has 1 aliphatic heterocycles. The number of rotatable bonds is 5. The maximum absolute atomic E-state index is 5.86. The van der Waals surface area contributed by atoms with Gasteiger partial charge in [0.05, 0.1) is 29.8 Å². The molecule has 23 heavy (non-hydrogen) atoms. The molecule has 4 heterocycles. The summed E-state index contributed by atoms with van der Waals surface area (Å²) in [4.78, 5) is 8.45. The summed E-state index contributed by atoms with van der Waals surface area (Å²) in [7, 11) is 0.